The number of hydrogen-bond donors (Lipinski definition) is 2. The number of esters is 1. The van der Waals surface area contributed by atoms with Crippen molar-refractivity contribution in [3.8, 4) is 23.1 Å². The molecule has 4 aromatic carbocycles. The van der Waals surface area contributed by atoms with Gasteiger partial charge in [-0.3, -0.25) is 19.4 Å². The fourth-order valence-corrected chi connectivity index (χ4v) is 8.90. The summed E-state index contributed by atoms with van der Waals surface area (Å²) in [6.45, 7) is 5.18. The van der Waals surface area contributed by atoms with E-state index in [4.69, 9.17) is 19.5 Å². The summed E-state index contributed by atoms with van der Waals surface area (Å²) in [4.78, 5) is 68.9. The summed E-state index contributed by atoms with van der Waals surface area (Å²) in [5.74, 6) is 6.36. The molecular weight excluding hydrogens is 769 g/mol. The molecule has 5 aromatic rings. The number of H-pyrrole nitrogens is 1. The van der Waals surface area contributed by atoms with Gasteiger partial charge < -0.3 is 29.6 Å². The molecule has 0 unspecified atom stereocenters. The predicted molar refractivity (Wildman–Crippen MR) is 233 cm³/mol. The first-order valence-electron chi connectivity index (χ1n) is 21.0. The Kier molecular flexibility index (Phi) is 12.0. The Bertz CT molecular complexity index is 2550. The number of carbonyl (C=O) groups is 4. The van der Waals surface area contributed by atoms with Crippen LogP contribution < -0.4 is 5.32 Å². The van der Waals surface area contributed by atoms with E-state index in [-0.39, 0.29) is 42.2 Å². The van der Waals surface area contributed by atoms with Crippen LogP contribution in [0.25, 0.3) is 22.0 Å². The molecule has 0 spiro atoms. The number of imidazole rings is 1. The third kappa shape index (κ3) is 8.64. The Balaban J connectivity index is 0.925. The van der Waals surface area contributed by atoms with Crippen molar-refractivity contribution in [2.75, 3.05) is 27.3 Å². The highest BCUT2D eigenvalue weighted by Gasteiger charge is 2.40. The minimum Gasteiger partial charge on any atom is -0.469 e. The standard InChI is InChI=1S/C49H50N6O6/c1-30(2)37(28-44(56)60-3)47(57)54-24-8-12-42(54)40-27-38-36-22-18-32(26-35(36)21-23-39(38)51-40)15-14-31-16-19-33(20-17-31)41-29-50-46(52-41)43-13-9-25-55(43)48(58)45(53-49(59)61-4)34-10-6-5-7-11-34/h5-7,10-11,16-23,26,29-30,37,42-43,45H,8-9,12-13,24-25,27-28H2,1-4H3,(H,50,52)(H,53,59)/t37-,42-,43-,45+/m0/s1. The quantitative estimate of drug-likeness (QED) is 0.108. The molecule has 4 atom stereocenters. The summed E-state index contributed by atoms with van der Waals surface area (Å²) in [6.07, 6.45) is 5.22. The molecule has 4 heterocycles. The summed E-state index contributed by atoms with van der Waals surface area (Å²) in [7, 11) is 2.64. The van der Waals surface area contributed by atoms with E-state index in [1.807, 2.05) is 79.4 Å². The lowest BCUT2D eigenvalue weighted by Crippen LogP contribution is -2.45. The van der Waals surface area contributed by atoms with Gasteiger partial charge in [0.25, 0.3) is 5.91 Å². The summed E-state index contributed by atoms with van der Waals surface area (Å²) in [5.41, 5.74) is 7.34. The van der Waals surface area contributed by atoms with E-state index in [2.05, 4.69) is 46.4 Å². The number of aromatic amines is 1. The number of ether oxygens (including phenoxy) is 2. The number of carbonyl (C=O) groups excluding carboxylic acids is 4. The molecule has 2 saturated heterocycles. The first-order chi connectivity index (χ1) is 29.6. The van der Waals surface area contributed by atoms with Gasteiger partial charge in [0.15, 0.2) is 0 Å². The molecule has 8 rings (SSSR count). The summed E-state index contributed by atoms with van der Waals surface area (Å²) < 4.78 is 9.73. The molecule has 3 aliphatic rings. The zero-order valence-electron chi connectivity index (χ0n) is 34.9. The number of aromatic nitrogens is 2. The predicted octanol–water partition coefficient (Wildman–Crippen LogP) is 7.85. The number of likely N-dealkylation sites (tertiary alicyclic amines) is 2. The summed E-state index contributed by atoms with van der Waals surface area (Å²) >= 11 is 0. The van der Waals surface area contributed by atoms with E-state index in [9.17, 15) is 19.2 Å². The van der Waals surface area contributed by atoms with Crippen molar-refractivity contribution < 1.29 is 28.7 Å². The lowest BCUT2D eigenvalue weighted by Gasteiger charge is -2.30. The van der Waals surface area contributed by atoms with Gasteiger partial charge >= 0.3 is 12.1 Å². The molecule has 2 N–H and O–H groups in total. The minimum atomic E-state index is -0.881. The van der Waals surface area contributed by atoms with Crippen LogP contribution in [0.2, 0.25) is 0 Å². The molecular formula is C49H50N6O6. The molecule has 3 amide bonds. The second-order valence-electron chi connectivity index (χ2n) is 16.3. The Morgan fingerprint density at radius 1 is 0.836 bits per heavy atom. The molecule has 0 saturated carbocycles. The average Bonchev–Trinajstić information content (AvgIpc) is 4.13. The van der Waals surface area contributed by atoms with Crippen molar-refractivity contribution in [2.45, 2.75) is 70.5 Å². The van der Waals surface area contributed by atoms with Crippen molar-refractivity contribution in [3.05, 3.63) is 119 Å². The number of amides is 3. The number of fused-ring (bicyclic) bond motifs is 3. The molecule has 2 fully saturated rings. The van der Waals surface area contributed by atoms with Crippen molar-refractivity contribution in [2.24, 2.45) is 16.8 Å². The zero-order valence-corrected chi connectivity index (χ0v) is 34.9. The summed E-state index contributed by atoms with van der Waals surface area (Å²) in [5, 5.41) is 4.93. The van der Waals surface area contributed by atoms with Gasteiger partial charge in [0.1, 0.15) is 11.9 Å². The first-order valence-corrected chi connectivity index (χ1v) is 21.0. The molecule has 312 valence electrons. The molecule has 12 heteroatoms. The van der Waals surface area contributed by atoms with E-state index >= 15 is 0 Å². The number of nitrogens with zero attached hydrogens (tertiary/aromatic N) is 4. The molecule has 12 nitrogen and oxygen atoms in total. The van der Waals surface area contributed by atoms with Gasteiger partial charge in [-0.2, -0.15) is 0 Å². The maximum atomic E-state index is 13.9. The van der Waals surface area contributed by atoms with Crippen LogP contribution in [0.4, 0.5) is 10.5 Å². The van der Waals surface area contributed by atoms with Crippen LogP contribution in [0.15, 0.2) is 96.1 Å². The largest absolute Gasteiger partial charge is 0.469 e. The number of benzene rings is 4. The second-order valence-corrected chi connectivity index (χ2v) is 16.3. The normalized spacial score (nSPS) is 18.0. The van der Waals surface area contributed by atoms with Crippen LogP contribution in [0.3, 0.4) is 0 Å². The van der Waals surface area contributed by atoms with E-state index in [1.165, 1.54) is 14.2 Å². The van der Waals surface area contributed by atoms with Gasteiger partial charge in [-0.1, -0.05) is 80.3 Å². The lowest BCUT2D eigenvalue weighted by atomic mass is 9.90. The van der Waals surface area contributed by atoms with Gasteiger partial charge in [-0.15, -0.1) is 0 Å². The molecule has 61 heavy (non-hydrogen) atoms. The zero-order chi connectivity index (χ0) is 42.6. The Hall–Kier alpha value is -6.74. The monoisotopic (exact) mass is 818 g/mol. The fraction of sp³-hybridized carbons (Fsp3) is 0.347. The smallest absolute Gasteiger partial charge is 0.407 e. The van der Waals surface area contributed by atoms with E-state index < -0.39 is 18.1 Å². The highest BCUT2D eigenvalue weighted by molar-refractivity contribution is 6.05. The summed E-state index contributed by atoms with van der Waals surface area (Å²) in [6, 6.07) is 26.4. The second kappa shape index (κ2) is 17.9. The van der Waals surface area contributed by atoms with Gasteiger partial charge in [0, 0.05) is 36.3 Å². The minimum absolute atomic E-state index is 0.00591. The Labute approximate surface area is 355 Å². The Morgan fingerprint density at radius 3 is 2.26 bits per heavy atom. The van der Waals surface area contributed by atoms with Crippen molar-refractivity contribution in [3.63, 3.8) is 0 Å². The average molecular weight is 819 g/mol. The number of alkyl carbamates (subject to hydrolysis) is 1. The third-order valence-electron chi connectivity index (χ3n) is 12.2. The topological polar surface area (TPSA) is 146 Å². The maximum absolute atomic E-state index is 13.9. The fourth-order valence-electron chi connectivity index (χ4n) is 8.90. The molecule has 1 aromatic heterocycles. The van der Waals surface area contributed by atoms with Gasteiger partial charge in [-0.05, 0) is 89.4 Å². The molecule has 0 aliphatic carbocycles. The third-order valence-corrected chi connectivity index (χ3v) is 12.2. The van der Waals surface area contributed by atoms with Gasteiger partial charge in [0.2, 0.25) is 5.91 Å². The van der Waals surface area contributed by atoms with Crippen molar-refractivity contribution >= 4 is 46.0 Å². The van der Waals surface area contributed by atoms with Gasteiger partial charge in [0.05, 0.1) is 56.2 Å². The van der Waals surface area contributed by atoms with E-state index in [1.54, 1.807) is 11.1 Å². The maximum Gasteiger partial charge on any atom is 0.407 e. The SMILES string of the molecule is COC(=O)C[C@H](C(=O)N1CCC[C@H]1C1=Nc2ccc3cc(C#Cc4ccc(-c5cnc([C@@H]6CCCN6C(=O)[C@H](NC(=O)OC)c6ccccc6)[nH]5)cc4)ccc3c2C1)C(C)C. The van der Waals surface area contributed by atoms with Gasteiger partial charge in [-0.25, -0.2) is 9.78 Å². The van der Waals surface area contributed by atoms with Crippen LogP contribution in [-0.4, -0.2) is 82.7 Å². The van der Waals surface area contributed by atoms with Crippen LogP contribution in [0.5, 0.6) is 0 Å². The number of methoxy groups -OCH3 is 2. The van der Waals surface area contributed by atoms with Crippen LogP contribution >= 0.6 is 0 Å². The first kappa shape index (κ1) is 41.0. The highest BCUT2D eigenvalue weighted by atomic mass is 16.5. The van der Waals surface area contributed by atoms with Crippen molar-refractivity contribution in [1.82, 2.24) is 25.1 Å². The number of hydrogen-bond acceptors (Lipinski definition) is 8. The molecule has 0 radical (unpaired) electrons. The number of nitrogens with one attached hydrogen (secondary N) is 2. The Morgan fingerprint density at radius 2 is 1.54 bits per heavy atom. The van der Waals surface area contributed by atoms with Crippen LogP contribution in [0, 0.1) is 23.7 Å². The van der Waals surface area contributed by atoms with Crippen LogP contribution in [0.1, 0.15) is 86.1 Å². The number of aliphatic imine (C=N–C) groups is 1. The van der Waals surface area contributed by atoms with Crippen molar-refractivity contribution in [1.29, 1.82) is 0 Å². The number of rotatable bonds is 10. The molecule has 0 bridgehead atoms. The lowest BCUT2D eigenvalue weighted by molar-refractivity contribution is -0.148. The highest BCUT2D eigenvalue weighted by Crippen LogP contribution is 2.38. The van der Waals surface area contributed by atoms with Crippen LogP contribution in [-0.2, 0) is 30.3 Å². The van der Waals surface area contributed by atoms with E-state index in [0.29, 0.717) is 30.9 Å². The molecule has 3 aliphatic heterocycles. The van der Waals surface area contributed by atoms with E-state index in [0.717, 1.165) is 75.8 Å².